The molecular formula is C14H17Br2N3O7. The summed E-state index contributed by atoms with van der Waals surface area (Å²) < 4.78 is 17.0. The van der Waals surface area contributed by atoms with Crippen LogP contribution in [0.3, 0.4) is 0 Å². The molecule has 1 aromatic heterocycles. The Labute approximate surface area is 164 Å². The lowest BCUT2D eigenvalue weighted by atomic mass is 10.2. The molecule has 0 radical (unpaired) electrons. The van der Waals surface area contributed by atoms with Gasteiger partial charge in [0.2, 0.25) is 0 Å². The minimum Gasteiger partial charge on any atom is -0.463 e. The standard InChI is InChI=1S/C14H17Br2N3O7/c1-3-7(20)24-5-6-10(26-8(21)4-2)9(15)13(25-6)19-14(23)17-12(22)11(16)18-19/h6,9-10,13H,3-5H2,1-2H3,(H,17,22,23)/t6-,9-,10-,13+/m0/s1. The Morgan fingerprint density at radius 3 is 2.54 bits per heavy atom. The molecule has 4 atom stereocenters. The minimum absolute atomic E-state index is 0.108. The summed E-state index contributed by atoms with van der Waals surface area (Å²) in [7, 11) is 0. The van der Waals surface area contributed by atoms with Crippen molar-refractivity contribution in [2.45, 2.75) is 50.0 Å². The first-order valence-electron chi connectivity index (χ1n) is 7.81. The van der Waals surface area contributed by atoms with Crippen molar-refractivity contribution < 1.29 is 23.8 Å². The normalized spacial score (nSPS) is 25.1. The van der Waals surface area contributed by atoms with Crippen molar-refractivity contribution in [2.24, 2.45) is 0 Å². The Bertz CT molecular complexity index is 793. The first kappa shape index (κ1) is 20.8. The largest absolute Gasteiger partial charge is 0.463 e. The molecule has 0 spiro atoms. The molecule has 0 saturated carbocycles. The summed E-state index contributed by atoms with van der Waals surface area (Å²) >= 11 is 6.31. The quantitative estimate of drug-likeness (QED) is 0.446. The van der Waals surface area contributed by atoms with Crippen LogP contribution in [0.15, 0.2) is 14.2 Å². The summed E-state index contributed by atoms with van der Waals surface area (Å²) in [5.41, 5.74) is -1.47. The lowest BCUT2D eigenvalue weighted by molar-refractivity contribution is -0.158. The summed E-state index contributed by atoms with van der Waals surface area (Å²) in [6, 6.07) is 0. The predicted octanol–water partition coefficient (Wildman–Crippen LogP) is 0.630. The van der Waals surface area contributed by atoms with Gasteiger partial charge in [0, 0.05) is 12.8 Å². The molecule has 26 heavy (non-hydrogen) atoms. The number of alkyl halides is 1. The number of carbonyl (C=O) groups is 2. The molecule has 0 aliphatic carbocycles. The number of nitrogens with one attached hydrogen (secondary N) is 1. The summed E-state index contributed by atoms with van der Waals surface area (Å²) in [6.07, 6.45) is -2.30. The van der Waals surface area contributed by atoms with Gasteiger partial charge in [-0.15, -0.1) is 0 Å². The Kier molecular flexibility index (Phi) is 7.12. The van der Waals surface area contributed by atoms with Gasteiger partial charge in [-0.25, -0.2) is 4.79 Å². The number of hydrogen-bond donors (Lipinski definition) is 1. The van der Waals surface area contributed by atoms with E-state index in [-0.39, 0.29) is 24.1 Å². The highest BCUT2D eigenvalue weighted by atomic mass is 79.9. The van der Waals surface area contributed by atoms with Crippen LogP contribution in [0.1, 0.15) is 32.9 Å². The van der Waals surface area contributed by atoms with Crippen LogP contribution in [0.25, 0.3) is 0 Å². The van der Waals surface area contributed by atoms with Crippen molar-refractivity contribution in [3.8, 4) is 0 Å². The van der Waals surface area contributed by atoms with E-state index in [9.17, 15) is 19.2 Å². The van der Waals surface area contributed by atoms with Gasteiger partial charge in [0.25, 0.3) is 5.56 Å². The average molecular weight is 499 g/mol. The minimum atomic E-state index is -0.990. The number of rotatable bonds is 6. The zero-order valence-electron chi connectivity index (χ0n) is 13.9. The molecule has 10 nitrogen and oxygen atoms in total. The topological polar surface area (TPSA) is 130 Å². The Morgan fingerprint density at radius 2 is 1.92 bits per heavy atom. The van der Waals surface area contributed by atoms with E-state index >= 15 is 0 Å². The van der Waals surface area contributed by atoms with Gasteiger partial charge < -0.3 is 14.2 Å². The van der Waals surface area contributed by atoms with Gasteiger partial charge in [-0.3, -0.25) is 19.4 Å². The third kappa shape index (κ3) is 4.60. The molecule has 1 aliphatic rings. The maximum atomic E-state index is 12.1. The third-order valence-corrected chi connectivity index (χ3v) is 5.06. The number of nitrogens with zero attached hydrogens (tertiary/aromatic N) is 2. The van der Waals surface area contributed by atoms with Gasteiger partial charge in [-0.2, -0.15) is 9.78 Å². The molecule has 1 aliphatic heterocycles. The highest BCUT2D eigenvalue weighted by Gasteiger charge is 2.48. The third-order valence-electron chi connectivity index (χ3n) is 3.57. The van der Waals surface area contributed by atoms with Gasteiger partial charge in [-0.1, -0.05) is 29.8 Å². The zero-order valence-corrected chi connectivity index (χ0v) is 17.1. The Hall–Kier alpha value is -1.53. The molecule has 1 aromatic rings. The van der Waals surface area contributed by atoms with Gasteiger partial charge in [0.1, 0.15) is 23.6 Å². The maximum absolute atomic E-state index is 12.1. The Morgan fingerprint density at radius 1 is 1.27 bits per heavy atom. The van der Waals surface area contributed by atoms with Gasteiger partial charge in [-0.05, 0) is 15.9 Å². The molecule has 144 valence electrons. The van der Waals surface area contributed by atoms with Crippen molar-refractivity contribution in [1.29, 1.82) is 0 Å². The van der Waals surface area contributed by atoms with Crippen LogP contribution in [0.5, 0.6) is 0 Å². The second kappa shape index (κ2) is 8.91. The highest BCUT2D eigenvalue weighted by molar-refractivity contribution is 9.10. The monoisotopic (exact) mass is 497 g/mol. The summed E-state index contributed by atoms with van der Waals surface area (Å²) in [5.74, 6) is -0.913. The number of esters is 2. The number of H-pyrrole nitrogens is 1. The molecule has 0 unspecified atom stereocenters. The lowest BCUT2D eigenvalue weighted by Gasteiger charge is -2.20. The molecule has 0 amide bonds. The van der Waals surface area contributed by atoms with Crippen molar-refractivity contribution in [3.05, 3.63) is 25.4 Å². The van der Waals surface area contributed by atoms with Gasteiger partial charge >= 0.3 is 17.6 Å². The van der Waals surface area contributed by atoms with Crippen LogP contribution in [0.2, 0.25) is 0 Å². The molecule has 12 heteroatoms. The zero-order chi connectivity index (χ0) is 19.4. The number of aromatic nitrogens is 3. The number of hydrogen-bond acceptors (Lipinski definition) is 8. The van der Waals surface area contributed by atoms with Crippen LogP contribution in [0.4, 0.5) is 0 Å². The molecular weight excluding hydrogens is 482 g/mol. The van der Waals surface area contributed by atoms with Crippen LogP contribution in [-0.2, 0) is 23.8 Å². The lowest BCUT2D eigenvalue weighted by Crippen LogP contribution is -2.39. The first-order valence-corrected chi connectivity index (χ1v) is 9.52. The van der Waals surface area contributed by atoms with Crippen molar-refractivity contribution >= 4 is 43.8 Å². The Balaban J connectivity index is 2.30. The maximum Gasteiger partial charge on any atom is 0.347 e. The molecule has 1 saturated heterocycles. The van der Waals surface area contributed by atoms with E-state index < -0.39 is 46.5 Å². The number of carbonyl (C=O) groups excluding carboxylic acids is 2. The van der Waals surface area contributed by atoms with Crippen molar-refractivity contribution in [2.75, 3.05) is 6.61 Å². The second-order valence-electron chi connectivity index (χ2n) is 5.35. The molecule has 1 fully saturated rings. The van der Waals surface area contributed by atoms with E-state index in [4.69, 9.17) is 14.2 Å². The SMILES string of the molecule is CCC(=O)OC[C@@H]1O[C@@H](n2nc(Br)c(=O)[nH]c2=O)[C@@H](Br)[C@H]1OC(=O)CC. The van der Waals surface area contributed by atoms with Crippen LogP contribution < -0.4 is 11.2 Å². The molecule has 2 heterocycles. The molecule has 2 rings (SSSR count). The van der Waals surface area contributed by atoms with E-state index in [1.807, 2.05) is 0 Å². The summed E-state index contributed by atoms with van der Waals surface area (Å²) in [6.45, 7) is 3.12. The van der Waals surface area contributed by atoms with E-state index in [2.05, 4.69) is 41.9 Å². The molecule has 0 aromatic carbocycles. The van der Waals surface area contributed by atoms with Crippen LogP contribution >= 0.6 is 31.9 Å². The molecule has 1 N–H and O–H groups in total. The van der Waals surface area contributed by atoms with E-state index in [0.717, 1.165) is 4.68 Å². The van der Waals surface area contributed by atoms with Gasteiger partial charge in [0.05, 0.1) is 0 Å². The highest BCUT2D eigenvalue weighted by Crippen LogP contribution is 2.36. The van der Waals surface area contributed by atoms with Crippen LogP contribution in [0, 0.1) is 0 Å². The number of halogens is 2. The fourth-order valence-electron chi connectivity index (χ4n) is 2.24. The second-order valence-corrected chi connectivity index (χ2v) is 7.16. The van der Waals surface area contributed by atoms with E-state index in [1.54, 1.807) is 13.8 Å². The van der Waals surface area contributed by atoms with E-state index in [1.165, 1.54) is 0 Å². The number of aromatic amines is 1. The fraction of sp³-hybridized carbons (Fsp3) is 0.643. The molecule has 0 bridgehead atoms. The predicted molar refractivity (Wildman–Crippen MR) is 94.9 cm³/mol. The summed E-state index contributed by atoms with van der Waals surface area (Å²) in [5, 5.41) is 3.86. The van der Waals surface area contributed by atoms with Gasteiger partial charge in [0.15, 0.2) is 10.8 Å². The fourth-order valence-corrected chi connectivity index (χ4v) is 3.31. The summed E-state index contributed by atoms with van der Waals surface area (Å²) in [4.78, 5) is 48.1. The average Bonchev–Trinajstić information content (AvgIpc) is 2.91. The smallest absolute Gasteiger partial charge is 0.347 e. The van der Waals surface area contributed by atoms with Crippen molar-refractivity contribution in [1.82, 2.24) is 14.8 Å². The van der Waals surface area contributed by atoms with Crippen molar-refractivity contribution in [3.63, 3.8) is 0 Å². The van der Waals surface area contributed by atoms with Crippen LogP contribution in [-0.4, -0.2) is 50.3 Å². The number of ether oxygens (including phenoxy) is 3. The van der Waals surface area contributed by atoms with E-state index in [0.29, 0.717) is 0 Å². The first-order chi connectivity index (χ1) is 12.3.